The molecule has 0 aliphatic carbocycles. The smallest absolute Gasteiger partial charge is 0.130 e. The van der Waals surface area contributed by atoms with Crippen LogP contribution in [0.25, 0.3) is 0 Å². The van der Waals surface area contributed by atoms with Crippen molar-refractivity contribution in [2.45, 2.75) is 45.7 Å². The summed E-state index contributed by atoms with van der Waals surface area (Å²) in [4.78, 5) is 1.94. The number of anilines is 1. The number of rotatable bonds is 7. The van der Waals surface area contributed by atoms with E-state index < -0.39 is 5.54 Å². The van der Waals surface area contributed by atoms with E-state index in [0.717, 1.165) is 18.7 Å². The summed E-state index contributed by atoms with van der Waals surface area (Å²) in [5, 5.41) is 12.8. The van der Waals surface area contributed by atoms with Crippen molar-refractivity contribution in [3.63, 3.8) is 0 Å². The molecule has 1 aromatic carbocycles. The first kappa shape index (κ1) is 16.9. The molecule has 0 heterocycles. The van der Waals surface area contributed by atoms with Gasteiger partial charge in [-0.05, 0) is 45.9 Å². The van der Waals surface area contributed by atoms with E-state index in [9.17, 15) is 9.50 Å². The quantitative estimate of drug-likeness (QED) is 0.806. The molecule has 0 radical (unpaired) electrons. The van der Waals surface area contributed by atoms with Crippen LogP contribution < -0.4 is 10.2 Å². The second-order valence-electron chi connectivity index (χ2n) is 5.88. The third-order valence-electron chi connectivity index (χ3n) is 3.82. The lowest BCUT2D eigenvalue weighted by molar-refractivity contribution is 0.216. The SMILES string of the molecule is CCCNC(C)c1c(F)cccc1N(C)C(C)(C)CO. The standard InChI is InChI=1S/C16H27FN2O/c1-6-10-18-12(2)15-13(17)8-7-9-14(15)19(5)16(3,4)11-20/h7-9,12,18,20H,6,10-11H2,1-5H3. The van der Waals surface area contributed by atoms with Gasteiger partial charge in [0.2, 0.25) is 0 Å². The molecule has 2 N–H and O–H groups in total. The van der Waals surface area contributed by atoms with Crippen molar-refractivity contribution in [2.24, 2.45) is 0 Å². The minimum absolute atomic E-state index is 0.0101. The van der Waals surface area contributed by atoms with Crippen molar-refractivity contribution in [1.29, 1.82) is 0 Å². The molecule has 1 aromatic rings. The Kier molecular flexibility index (Phi) is 5.96. The molecule has 0 aliphatic rings. The van der Waals surface area contributed by atoms with Crippen LogP contribution in [0.3, 0.4) is 0 Å². The zero-order valence-electron chi connectivity index (χ0n) is 13.2. The summed E-state index contributed by atoms with van der Waals surface area (Å²) in [6.45, 7) is 8.79. The van der Waals surface area contributed by atoms with E-state index in [0.29, 0.717) is 5.56 Å². The van der Waals surface area contributed by atoms with Crippen LogP contribution in [0.2, 0.25) is 0 Å². The highest BCUT2D eigenvalue weighted by molar-refractivity contribution is 5.56. The van der Waals surface area contributed by atoms with Gasteiger partial charge in [0, 0.05) is 24.3 Å². The summed E-state index contributed by atoms with van der Waals surface area (Å²) in [6, 6.07) is 5.04. The number of hydrogen-bond acceptors (Lipinski definition) is 3. The number of aliphatic hydroxyl groups excluding tert-OH is 1. The second kappa shape index (κ2) is 7.04. The fourth-order valence-electron chi connectivity index (χ4n) is 2.14. The number of benzene rings is 1. The largest absolute Gasteiger partial charge is 0.394 e. The van der Waals surface area contributed by atoms with Crippen LogP contribution in [0.1, 0.15) is 45.7 Å². The molecule has 1 atom stereocenters. The molecule has 0 bridgehead atoms. The van der Waals surface area contributed by atoms with Gasteiger partial charge in [-0.25, -0.2) is 4.39 Å². The normalized spacial score (nSPS) is 13.3. The Labute approximate surface area is 121 Å². The second-order valence-corrected chi connectivity index (χ2v) is 5.88. The van der Waals surface area contributed by atoms with E-state index in [2.05, 4.69) is 12.2 Å². The van der Waals surface area contributed by atoms with Crippen LogP contribution >= 0.6 is 0 Å². The molecule has 0 aliphatic heterocycles. The minimum Gasteiger partial charge on any atom is -0.394 e. The molecule has 0 aromatic heterocycles. The summed E-state index contributed by atoms with van der Waals surface area (Å²) in [7, 11) is 1.89. The van der Waals surface area contributed by atoms with Crippen molar-refractivity contribution >= 4 is 5.69 Å². The highest BCUT2D eigenvalue weighted by atomic mass is 19.1. The third kappa shape index (κ3) is 3.70. The van der Waals surface area contributed by atoms with E-state index >= 15 is 0 Å². The van der Waals surface area contributed by atoms with Crippen LogP contribution in [0, 0.1) is 5.82 Å². The van der Waals surface area contributed by atoms with Gasteiger partial charge >= 0.3 is 0 Å². The number of hydrogen-bond donors (Lipinski definition) is 2. The first-order chi connectivity index (χ1) is 9.35. The van der Waals surface area contributed by atoms with Gasteiger partial charge < -0.3 is 15.3 Å². The lowest BCUT2D eigenvalue weighted by Gasteiger charge is -2.38. The highest BCUT2D eigenvalue weighted by Gasteiger charge is 2.27. The molecule has 0 amide bonds. The van der Waals surface area contributed by atoms with E-state index in [1.807, 2.05) is 38.8 Å². The maximum atomic E-state index is 14.3. The Bertz CT molecular complexity index is 434. The zero-order chi connectivity index (χ0) is 15.3. The van der Waals surface area contributed by atoms with E-state index in [1.165, 1.54) is 6.07 Å². The van der Waals surface area contributed by atoms with Crippen LogP contribution in [0.4, 0.5) is 10.1 Å². The van der Waals surface area contributed by atoms with Crippen LogP contribution in [-0.4, -0.2) is 30.8 Å². The van der Waals surface area contributed by atoms with Crippen LogP contribution in [0.15, 0.2) is 18.2 Å². The molecule has 0 fully saturated rings. The van der Waals surface area contributed by atoms with Crippen LogP contribution in [0.5, 0.6) is 0 Å². The summed E-state index contributed by atoms with van der Waals surface area (Å²) < 4.78 is 14.3. The van der Waals surface area contributed by atoms with Gasteiger partial charge in [-0.15, -0.1) is 0 Å². The Balaban J connectivity index is 3.17. The highest BCUT2D eigenvalue weighted by Crippen LogP contribution is 2.32. The first-order valence-corrected chi connectivity index (χ1v) is 7.21. The maximum Gasteiger partial charge on any atom is 0.130 e. The van der Waals surface area contributed by atoms with Gasteiger partial charge in [-0.3, -0.25) is 0 Å². The summed E-state index contributed by atoms with van der Waals surface area (Å²) in [5.74, 6) is -0.209. The van der Waals surface area contributed by atoms with E-state index in [-0.39, 0.29) is 18.5 Å². The van der Waals surface area contributed by atoms with Crippen molar-refractivity contribution in [3.8, 4) is 0 Å². The van der Waals surface area contributed by atoms with Gasteiger partial charge in [0.15, 0.2) is 0 Å². The van der Waals surface area contributed by atoms with Crippen molar-refractivity contribution in [1.82, 2.24) is 5.32 Å². The van der Waals surface area contributed by atoms with Crippen LogP contribution in [-0.2, 0) is 0 Å². The fourth-order valence-corrected chi connectivity index (χ4v) is 2.14. The molecule has 3 nitrogen and oxygen atoms in total. The topological polar surface area (TPSA) is 35.5 Å². The Morgan fingerprint density at radius 1 is 1.40 bits per heavy atom. The number of halogens is 1. The molecule has 0 spiro atoms. The molecule has 114 valence electrons. The average molecular weight is 282 g/mol. The fraction of sp³-hybridized carbons (Fsp3) is 0.625. The van der Waals surface area contributed by atoms with E-state index in [4.69, 9.17) is 0 Å². The van der Waals surface area contributed by atoms with Gasteiger partial charge in [0.25, 0.3) is 0 Å². The Morgan fingerprint density at radius 2 is 2.05 bits per heavy atom. The lowest BCUT2D eigenvalue weighted by Crippen LogP contribution is -2.45. The number of nitrogens with zero attached hydrogens (tertiary/aromatic N) is 1. The van der Waals surface area contributed by atoms with Gasteiger partial charge in [0.05, 0.1) is 12.1 Å². The molecule has 4 heteroatoms. The van der Waals surface area contributed by atoms with Crippen molar-refractivity contribution in [2.75, 3.05) is 25.1 Å². The predicted octanol–water partition coefficient (Wildman–Crippen LogP) is 3.09. The minimum atomic E-state index is -0.437. The van der Waals surface area contributed by atoms with E-state index in [1.54, 1.807) is 6.07 Å². The lowest BCUT2D eigenvalue weighted by atomic mass is 9.99. The maximum absolute atomic E-state index is 14.3. The Morgan fingerprint density at radius 3 is 2.60 bits per heavy atom. The van der Waals surface area contributed by atoms with Gasteiger partial charge in [0.1, 0.15) is 5.82 Å². The Hall–Kier alpha value is -1.13. The molecular weight excluding hydrogens is 255 g/mol. The predicted molar refractivity (Wildman–Crippen MR) is 82.7 cm³/mol. The summed E-state index contributed by atoms with van der Waals surface area (Å²) in [6.07, 6.45) is 1.01. The number of likely N-dealkylation sites (N-methyl/N-ethyl adjacent to an activating group) is 1. The van der Waals surface area contributed by atoms with Gasteiger partial charge in [-0.2, -0.15) is 0 Å². The molecular formula is C16H27FN2O. The summed E-state index contributed by atoms with van der Waals surface area (Å²) >= 11 is 0. The summed E-state index contributed by atoms with van der Waals surface area (Å²) in [5.41, 5.74) is 1.04. The molecule has 20 heavy (non-hydrogen) atoms. The molecule has 0 saturated heterocycles. The average Bonchev–Trinajstić information content (AvgIpc) is 2.43. The monoisotopic (exact) mass is 282 g/mol. The van der Waals surface area contributed by atoms with Gasteiger partial charge in [-0.1, -0.05) is 13.0 Å². The number of aliphatic hydroxyl groups is 1. The van der Waals surface area contributed by atoms with Crippen molar-refractivity contribution in [3.05, 3.63) is 29.6 Å². The zero-order valence-corrected chi connectivity index (χ0v) is 13.2. The third-order valence-corrected chi connectivity index (χ3v) is 3.82. The first-order valence-electron chi connectivity index (χ1n) is 7.21. The number of nitrogens with one attached hydrogen (secondary N) is 1. The molecule has 0 saturated carbocycles. The molecule has 1 unspecified atom stereocenters. The van der Waals surface area contributed by atoms with Crippen molar-refractivity contribution < 1.29 is 9.50 Å². The molecule has 1 rings (SSSR count).